The van der Waals surface area contributed by atoms with Crippen LogP contribution >= 0.6 is 0 Å². The summed E-state index contributed by atoms with van der Waals surface area (Å²) in [6, 6.07) is 6.48. The minimum absolute atomic E-state index is 0.124. The number of hydrogen-bond acceptors (Lipinski definition) is 5. The molecule has 0 unspecified atom stereocenters. The van der Waals surface area contributed by atoms with Gasteiger partial charge in [0.2, 0.25) is 17.7 Å². The number of hydrogen-bond donors (Lipinski definition) is 2. The first kappa shape index (κ1) is 24.8. The van der Waals surface area contributed by atoms with E-state index < -0.39 is 29.6 Å². The number of methoxy groups -OCH3 is 1. The lowest BCUT2D eigenvalue weighted by Gasteiger charge is -2.34. The Hall–Kier alpha value is -2.87. The molecular weight excluding hydrogens is 458 g/mol. The molecule has 36 heavy (non-hydrogen) atoms. The molecule has 194 valence electrons. The standard InChI is InChI=1S/C28H37N3O5/c1-17(2)13-15-31-24(26(33)29-18-8-5-4-6-9-18)28-14-12-21(36-28)22(23(28)27(31)34)25(32)30-19-10-7-11-20(16-19)35-3/h7,10-12,14,16-18,21-24H,4-6,8-9,13,15H2,1-3H3,(H,29,33)(H,30,32)/t21-,22+,23-,24-,28-/m0/s1. The number of nitrogens with zero attached hydrogens (tertiary/aromatic N) is 1. The summed E-state index contributed by atoms with van der Waals surface area (Å²) in [7, 11) is 1.57. The summed E-state index contributed by atoms with van der Waals surface area (Å²) >= 11 is 0. The molecule has 1 saturated carbocycles. The summed E-state index contributed by atoms with van der Waals surface area (Å²) in [5.41, 5.74) is -0.526. The van der Waals surface area contributed by atoms with Gasteiger partial charge in [-0.2, -0.15) is 0 Å². The topological polar surface area (TPSA) is 97.0 Å². The summed E-state index contributed by atoms with van der Waals surface area (Å²) in [5, 5.41) is 6.17. The lowest BCUT2D eigenvalue weighted by molar-refractivity contribution is -0.141. The van der Waals surface area contributed by atoms with E-state index in [9.17, 15) is 14.4 Å². The highest BCUT2D eigenvalue weighted by molar-refractivity contribution is 6.02. The number of anilines is 1. The van der Waals surface area contributed by atoms with Gasteiger partial charge in [-0.15, -0.1) is 0 Å². The maximum absolute atomic E-state index is 13.9. The third-order valence-corrected chi connectivity index (χ3v) is 8.16. The number of nitrogens with one attached hydrogen (secondary N) is 2. The summed E-state index contributed by atoms with van der Waals surface area (Å²) in [6.07, 6.45) is 9.27. The molecule has 1 aromatic rings. The van der Waals surface area contributed by atoms with E-state index in [1.807, 2.05) is 12.2 Å². The number of carbonyl (C=O) groups is 3. The molecule has 2 saturated heterocycles. The smallest absolute Gasteiger partial charge is 0.246 e. The molecule has 0 radical (unpaired) electrons. The van der Waals surface area contributed by atoms with Gasteiger partial charge in [0.05, 0.1) is 25.0 Å². The van der Waals surface area contributed by atoms with Crippen molar-refractivity contribution < 1.29 is 23.9 Å². The molecule has 2 N–H and O–H groups in total. The number of ether oxygens (including phenoxy) is 2. The summed E-state index contributed by atoms with van der Waals surface area (Å²) in [4.78, 5) is 42.8. The zero-order valence-corrected chi connectivity index (χ0v) is 21.4. The highest BCUT2D eigenvalue weighted by atomic mass is 16.5. The van der Waals surface area contributed by atoms with Gasteiger partial charge in [-0.1, -0.05) is 51.3 Å². The van der Waals surface area contributed by atoms with Crippen LogP contribution in [0.15, 0.2) is 36.4 Å². The van der Waals surface area contributed by atoms with Crippen LogP contribution in [0.5, 0.6) is 5.75 Å². The minimum atomic E-state index is -1.12. The molecular formula is C28H37N3O5. The van der Waals surface area contributed by atoms with E-state index in [-0.39, 0.29) is 23.8 Å². The Morgan fingerprint density at radius 2 is 1.97 bits per heavy atom. The van der Waals surface area contributed by atoms with E-state index >= 15 is 0 Å². The van der Waals surface area contributed by atoms with Crippen LogP contribution in [0.2, 0.25) is 0 Å². The summed E-state index contributed by atoms with van der Waals surface area (Å²) in [5.74, 6) is -1.05. The molecule has 5 rings (SSSR count). The Labute approximate surface area is 212 Å². The predicted octanol–water partition coefficient (Wildman–Crippen LogP) is 3.28. The van der Waals surface area contributed by atoms with Crippen molar-refractivity contribution in [2.45, 2.75) is 76.2 Å². The van der Waals surface area contributed by atoms with Crippen molar-refractivity contribution in [2.24, 2.45) is 17.8 Å². The van der Waals surface area contributed by atoms with E-state index in [2.05, 4.69) is 24.5 Å². The van der Waals surface area contributed by atoms with Gasteiger partial charge in [-0.3, -0.25) is 14.4 Å². The zero-order chi connectivity index (χ0) is 25.4. The van der Waals surface area contributed by atoms with Crippen LogP contribution in [0, 0.1) is 17.8 Å². The lowest BCUT2D eigenvalue weighted by Crippen LogP contribution is -2.56. The van der Waals surface area contributed by atoms with Gasteiger partial charge in [0.25, 0.3) is 0 Å². The molecule has 1 aromatic carbocycles. The Morgan fingerprint density at radius 3 is 2.69 bits per heavy atom. The average Bonchev–Trinajstić information content (AvgIpc) is 3.50. The number of amides is 3. The molecule has 3 amide bonds. The van der Waals surface area contributed by atoms with Gasteiger partial charge >= 0.3 is 0 Å². The van der Waals surface area contributed by atoms with E-state index in [1.165, 1.54) is 6.42 Å². The monoisotopic (exact) mass is 495 g/mol. The first-order chi connectivity index (χ1) is 17.3. The van der Waals surface area contributed by atoms with Crippen LogP contribution in [0.1, 0.15) is 52.4 Å². The molecule has 8 nitrogen and oxygen atoms in total. The highest BCUT2D eigenvalue weighted by Gasteiger charge is 2.72. The van der Waals surface area contributed by atoms with Crippen molar-refractivity contribution in [1.82, 2.24) is 10.2 Å². The second kappa shape index (κ2) is 9.88. The Kier molecular flexibility index (Phi) is 6.81. The number of rotatable bonds is 8. The molecule has 3 aliphatic heterocycles. The number of carbonyl (C=O) groups excluding carboxylic acids is 3. The first-order valence-corrected chi connectivity index (χ1v) is 13.3. The van der Waals surface area contributed by atoms with Gasteiger partial charge < -0.3 is 25.0 Å². The number of benzene rings is 1. The Balaban J connectivity index is 1.42. The number of fused-ring (bicyclic) bond motifs is 1. The van der Waals surface area contributed by atoms with Crippen LogP contribution in [0.25, 0.3) is 0 Å². The Bertz CT molecular complexity index is 1050. The van der Waals surface area contributed by atoms with Crippen molar-refractivity contribution in [3.8, 4) is 5.75 Å². The van der Waals surface area contributed by atoms with E-state index in [1.54, 1.807) is 36.3 Å². The fraction of sp³-hybridized carbons (Fsp3) is 0.607. The number of likely N-dealkylation sites (tertiary alicyclic amines) is 1. The maximum atomic E-state index is 13.9. The van der Waals surface area contributed by atoms with Crippen LogP contribution in [0.4, 0.5) is 5.69 Å². The fourth-order valence-corrected chi connectivity index (χ4v) is 6.36. The van der Waals surface area contributed by atoms with Gasteiger partial charge in [0, 0.05) is 24.3 Å². The second-order valence-electron chi connectivity index (χ2n) is 11.0. The van der Waals surface area contributed by atoms with Crippen molar-refractivity contribution >= 4 is 23.4 Å². The maximum Gasteiger partial charge on any atom is 0.246 e. The van der Waals surface area contributed by atoms with Crippen molar-refractivity contribution in [3.05, 3.63) is 36.4 Å². The zero-order valence-electron chi connectivity index (χ0n) is 21.4. The predicted molar refractivity (Wildman–Crippen MR) is 135 cm³/mol. The van der Waals surface area contributed by atoms with E-state index in [4.69, 9.17) is 9.47 Å². The molecule has 1 aliphatic carbocycles. The molecule has 1 spiro atoms. The van der Waals surface area contributed by atoms with Gasteiger partial charge in [0.1, 0.15) is 17.4 Å². The Morgan fingerprint density at radius 1 is 1.19 bits per heavy atom. The average molecular weight is 496 g/mol. The third-order valence-electron chi connectivity index (χ3n) is 8.16. The van der Waals surface area contributed by atoms with Gasteiger partial charge in [0.15, 0.2) is 0 Å². The highest BCUT2D eigenvalue weighted by Crippen LogP contribution is 2.55. The lowest BCUT2D eigenvalue weighted by atomic mass is 9.74. The molecule has 3 fully saturated rings. The molecule has 5 atom stereocenters. The molecule has 8 heteroatoms. The second-order valence-corrected chi connectivity index (χ2v) is 11.0. The molecule has 4 aliphatic rings. The summed E-state index contributed by atoms with van der Waals surface area (Å²) in [6.45, 7) is 4.66. The largest absolute Gasteiger partial charge is 0.497 e. The quantitative estimate of drug-likeness (QED) is 0.540. The van der Waals surface area contributed by atoms with Crippen LogP contribution in [-0.4, -0.2) is 60.1 Å². The third kappa shape index (κ3) is 4.29. The van der Waals surface area contributed by atoms with Gasteiger partial charge in [-0.25, -0.2) is 0 Å². The van der Waals surface area contributed by atoms with Crippen LogP contribution in [0.3, 0.4) is 0 Å². The van der Waals surface area contributed by atoms with Crippen molar-refractivity contribution in [1.29, 1.82) is 0 Å². The molecule has 2 bridgehead atoms. The van der Waals surface area contributed by atoms with Crippen LogP contribution < -0.4 is 15.4 Å². The molecule has 0 aromatic heterocycles. The molecule has 3 heterocycles. The van der Waals surface area contributed by atoms with Crippen molar-refractivity contribution in [2.75, 3.05) is 19.0 Å². The van der Waals surface area contributed by atoms with Crippen LogP contribution in [-0.2, 0) is 19.1 Å². The SMILES string of the molecule is COc1cccc(NC(=O)[C@@H]2[C@@H]3C=C[C@]4(O3)[C@@H]2C(=O)N(CCC(C)C)[C@H]4C(=O)NC2CCCCC2)c1. The first-order valence-electron chi connectivity index (χ1n) is 13.3. The normalized spacial score (nSPS) is 31.1. The van der Waals surface area contributed by atoms with Crippen molar-refractivity contribution in [3.63, 3.8) is 0 Å². The van der Waals surface area contributed by atoms with E-state index in [0.717, 1.165) is 32.1 Å². The fourth-order valence-electron chi connectivity index (χ4n) is 6.36. The van der Waals surface area contributed by atoms with E-state index in [0.29, 0.717) is 23.9 Å². The summed E-state index contributed by atoms with van der Waals surface area (Å²) < 4.78 is 11.7. The minimum Gasteiger partial charge on any atom is -0.497 e. The van der Waals surface area contributed by atoms with Gasteiger partial charge in [-0.05, 0) is 37.3 Å².